The Morgan fingerprint density at radius 3 is 2.82 bits per heavy atom. The summed E-state index contributed by atoms with van der Waals surface area (Å²) in [6.07, 6.45) is 3.27. The highest BCUT2D eigenvalue weighted by atomic mass is 19.1. The largest absolute Gasteiger partial charge is 0.366 e. The molecule has 9 heteroatoms. The maximum absolute atomic E-state index is 14.3. The van der Waals surface area contributed by atoms with Gasteiger partial charge in [0.05, 0.1) is 23.0 Å². The Labute approximate surface area is 190 Å². The predicted octanol–water partition coefficient (Wildman–Crippen LogP) is 3.04. The van der Waals surface area contributed by atoms with Crippen LogP contribution in [0.5, 0.6) is 0 Å². The topological polar surface area (TPSA) is 102 Å². The number of carbonyl (C=O) groups excluding carboxylic acids is 1. The molecule has 0 atom stereocenters. The fourth-order valence-electron chi connectivity index (χ4n) is 4.23. The number of carbonyl (C=O) groups is 1. The van der Waals surface area contributed by atoms with Crippen molar-refractivity contribution in [1.29, 1.82) is 0 Å². The van der Waals surface area contributed by atoms with Gasteiger partial charge < -0.3 is 16.0 Å². The maximum atomic E-state index is 14.3. The standard InChI is InChI=1S/C24H24FN7O/c1-31-9-5-8-20-19(14-31)23(27-12-15-6-3-2-4-7-15)30-24(29-20)32-21-11-16(25)10-17(22(26)33)18(21)13-28-32/h2-4,6-7,10-11,13H,5,8-9,12,14H2,1H3,(H2,26,33)(H,27,29,30). The Morgan fingerprint density at radius 1 is 1.21 bits per heavy atom. The zero-order chi connectivity index (χ0) is 22.9. The van der Waals surface area contributed by atoms with Crippen LogP contribution in [0, 0.1) is 5.82 Å². The van der Waals surface area contributed by atoms with E-state index < -0.39 is 11.7 Å². The van der Waals surface area contributed by atoms with Crippen molar-refractivity contribution < 1.29 is 9.18 Å². The third-order valence-corrected chi connectivity index (χ3v) is 5.87. The summed E-state index contributed by atoms with van der Waals surface area (Å²) in [7, 11) is 2.08. The van der Waals surface area contributed by atoms with Crippen molar-refractivity contribution in [2.45, 2.75) is 25.9 Å². The number of hydrogen-bond donors (Lipinski definition) is 2. The average Bonchev–Trinajstić information content (AvgIpc) is 3.12. The minimum Gasteiger partial charge on any atom is -0.366 e. The molecule has 0 unspecified atom stereocenters. The molecule has 0 radical (unpaired) electrons. The number of nitrogens with zero attached hydrogens (tertiary/aromatic N) is 5. The van der Waals surface area contributed by atoms with Gasteiger partial charge in [0.2, 0.25) is 5.91 Å². The molecule has 1 aliphatic rings. The fourth-order valence-corrected chi connectivity index (χ4v) is 4.23. The third kappa shape index (κ3) is 4.14. The van der Waals surface area contributed by atoms with Gasteiger partial charge in [0.25, 0.3) is 5.95 Å². The highest BCUT2D eigenvalue weighted by Gasteiger charge is 2.22. The number of aromatic nitrogens is 4. The van der Waals surface area contributed by atoms with E-state index in [0.29, 0.717) is 23.4 Å². The lowest BCUT2D eigenvalue weighted by molar-refractivity contribution is 0.100. The van der Waals surface area contributed by atoms with Gasteiger partial charge in [-0.1, -0.05) is 30.3 Å². The minimum atomic E-state index is -0.713. The second-order valence-electron chi connectivity index (χ2n) is 8.28. The van der Waals surface area contributed by atoms with Crippen molar-refractivity contribution in [1.82, 2.24) is 24.6 Å². The molecule has 8 nitrogen and oxygen atoms in total. The number of primary amides is 1. The maximum Gasteiger partial charge on any atom is 0.253 e. The van der Waals surface area contributed by atoms with E-state index in [1.54, 1.807) is 0 Å². The van der Waals surface area contributed by atoms with Crippen LogP contribution in [0.1, 0.15) is 33.6 Å². The van der Waals surface area contributed by atoms with E-state index >= 15 is 0 Å². The number of nitrogens with two attached hydrogens (primary N) is 1. The van der Waals surface area contributed by atoms with Crippen LogP contribution in [0.15, 0.2) is 48.7 Å². The Balaban J connectivity index is 1.63. The quantitative estimate of drug-likeness (QED) is 0.490. The number of amides is 1. The van der Waals surface area contributed by atoms with Crippen molar-refractivity contribution >= 4 is 22.6 Å². The van der Waals surface area contributed by atoms with Gasteiger partial charge in [-0.25, -0.2) is 9.37 Å². The molecular weight excluding hydrogens is 421 g/mol. The molecule has 3 heterocycles. The van der Waals surface area contributed by atoms with E-state index in [-0.39, 0.29) is 5.56 Å². The van der Waals surface area contributed by atoms with E-state index in [2.05, 4.69) is 34.5 Å². The van der Waals surface area contributed by atoms with Gasteiger partial charge in [0.1, 0.15) is 11.6 Å². The Hall–Kier alpha value is -3.85. The van der Waals surface area contributed by atoms with Crippen LogP contribution in [0.25, 0.3) is 16.9 Å². The molecule has 0 aliphatic carbocycles. The molecule has 0 saturated heterocycles. The molecule has 2 aromatic heterocycles. The summed E-state index contributed by atoms with van der Waals surface area (Å²) in [6, 6.07) is 12.5. The Kier molecular flexibility index (Phi) is 5.47. The molecule has 0 spiro atoms. The first-order valence-electron chi connectivity index (χ1n) is 10.8. The molecule has 168 valence electrons. The summed E-state index contributed by atoms with van der Waals surface area (Å²) in [5.41, 5.74) is 9.04. The normalized spacial score (nSPS) is 14.1. The molecule has 5 rings (SSSR count). The lowest BCUT2D eigenvalue weighted by Crippen LogP contribution is -2.19. The summed E-state index contributed by atoms with van der Waals surface area (Å²) in [6.45, 7) is 2.29. The number of anilines is 1. The SMILES string of the molecule is CN1CCCc2nc(-n3ncc4c(C(N)=O)cc(F)cc43)nc(NCc3ccccc3)c2C1. The summed E-state index contributed by atoms with van der Waals surface area (Å²) in [5.74, 6) is -0.236. The fraction of sp³-hybridized carbons (Fsp3) is 0.250. The van der Waals surface area contributed by atoms with Gasteiger partial charge in [0, 0.05) is 30.1 Å². The third-order valence-electron chi connectivity index (χ3n) is 5.87. The number of fused-ring (bicyclic) bond motifs is 2. The molecule has 3 N–H and O–H groups in total. The molecule has 1 amide bonds. The van der Waals surface area contributed by atoms with Crippen molar-refractivity contribution in [3.63, 3.8) is 0 Å². The van der Waals surface area contributed by atoms with Gasteiger partial charge in [0.15, 0.2) is 0 Å². The zero-order valence-corrected chi connectivity index (χ0v) is 18.3. The van der Waals surface area contributed by atoms with E-state index in [4.69, 9.17) is 15.7 Å². The Bertz CT molecular complexity index is 1340. The second-order valence-corrected chi connectivity index (χ2v) is 8.28. The molecule has 0 saturated carbocycles. The van der Waals surface area contributed by atoms with Crippen LogP contribution in [0.3, 0.4) is 0 Å². The van der Waals surface area contributed by atoms with Crippen LogP contribution in [0.4, 0.5) is 10.2 Å². The molecular formula is C24H24FN7O. The lowest BCUT2D eigenvalue weighted by atomic mass is 10.1. The van der Waals surface area contributed by atoms with Crippen molar-refractivity contribution in [2.24, 2.45) is 5.73 Å². The highest BCUT2D eigenvalue weighted by Crippen LogP contribution is 2.27. The van der Waals surface area contributed by atoms with Crippen molar-refractivity contribution in [2.75, 3.05) is 18.9 Å². The molecule has 0 bridgehead atoms. The number of nitrogens with one attached hydrogen (secondary N) is 1. The molecule has 33 heavy (non-hydrogen) atoms. The monoisotopic (exact) mass is 445 g/mol. The van der Waals surface area contributed by atoms with Gasteiger partial charge in [-0.05, 0) is 38.1 Å². The first-order valence-corrected chi connectivity index (χ1v) is 10.8. The van der Waals surface area contributed by atoms with Gasteiger partial charge >= 0.3 is 0 Å². The van der Waals surface area contributed by atoms with Crippen LogP contribution in [-0.4, -0.2) is 44.1 Å². The van der Waals surface area contributed by atoms with Crippen molar-refractivity contribution in [3.8, 4) is 5.95 Å². The number of rotatable bonds is 5. The van der Waals surface area contributed by atoms with Crippen LogP contribution < -0.4 is 11.1 Å². The molecule has 4 aromatic rings. The highest BCUT2D eigenvalue weighted by molar-refractivity contribution is 6.05. The second kappa shape index (κ2) is 8.59. The zero-order valence-electron chi connectivity index (χ0n) is 18.3. The average molecular weight is 446 g/mol. The van der Waals surface area contributed by atoms with Crippen molar-refractivity contribution in [3.05, 3.63) is 76.9 Å². The minimum absolute atomic E-state index is 0.0788. The van der Waals surface area contributed by atoms with E-state index in [1.165, 1.54) is 16.9 Å². The van der Waals surface area contributed by atoms with E-state index in [0.717, 1.165) is 54.6 Å². The van der Waals surface area contributed by atoms with Gasteiger partial charge in [-0.15, -0.1) is 0 Å². The number of halogens is 1. The Morgan fingerprint density at radius 2 is 2.03 bits per heavy atom. The lowest BCUT2D eigenvalue weighted by Gasteiger charge is -2.18. The molecule has 2 aromatic carbocycles. The molecule has 1 aliphatic heterocycles. The first-order chi connectivity index (χ1) is 16.0. The smallest absolute Gasteiger partial charge is 0.253 e. The summed E-state index contributed by atoms with van der Waals surface area (Å²) >= 11 is 0. The first kappa shape index (κ1) is 21.0. The molecule has 0 fully saturated rings. The van der Waals surface area contributed by atoms with Gasteiger partial charge in [-0.2, -0.15) is 14.8 Å². The van der Waals surface area contributed by atoms with Crippen LogP contribution in [-0.2, 0) is 19.5 Å². The number of hydrogen-bond acceptors (Lipinski definition) is 6. The number of aryl methyl sites for hydroxylation is 1. The van der Waals surface area contributed by atoms with Gasteiger partial charge in [-0.3, -0.25) is 4.79 Å². The summed E-state index contributed by atoms with van der Waals surface area (Å²) in [4.78, 5) is 23.7. The summed E-state index contributed by atoms with van der Waals surface area (Å²) < 4.78 is 15.7. The van der Waals surface area contributed by atoms with Crippen LogP contribution >= 0.6 is 0 Å². The summed E-state index contributed by atoms with van der Waals surface area (Å²) in [5, 5.41) is 8.30. The van der Waals surface area contributed by atoms with E-state index in [1.807, 2.05) is 18.2 Å². The predicted molar refractivity (Wildman–Crippen MR) is 124 cm³/mol. The number of benzene rings is 2. The van der Waals surface area contributed by atoms with Crippen LogP contribution in [0.2, 0.25) is 0 Å². The van der Waals surface area contributed by atoms with E-state index in [9.17, 15) is 9.18 Å².